The molecule has 2 unspecified atom stereocenters. The topological polar surface area (TPSA) is 86.2 Å². The third kappa shape index (κ3) is 1.73. The van der Waals surface area contributed by atoms with Crippen molar-refractivity contribution in [2.24, 2.45) is 0 Å². The van der Waals surface area contributed by atoms with Crippen LogP contribution in [0.2, 0.25) is 5.15 Å². The molecule has 3 N–H and O–H groups in total. The number of hydrogen-bond acceptors (Lipinski definition) is 5. The van der Waals surface area contributed by atoms with Crippen LogP contribution in [0, 0.1) is 0 Å². The molecule has 0 radical (unpaired) electrons. The van der Waals surface area contributed by atoms with Gasteiger partial charge in [0, 0.05) is 6.20 Å². The zero-order chi connectivity index (χ0) is 12.7. The summed E-state index contributed by atoms with van der Waals surface area (Å²) in [6.45, 7) is 0.0287. The van der Waals surface area contributed by atoms with Gasteiger partial charge in [0.2, 0.25) is 0 Å². The SMILES string of the molecule is Nc1cn(C2CCC(CO)O2)c2ncnc(Cl)c12. The van der Waals surface area contributed by atoms with E-state index in [2.05, 4.69) is 9.97 Å². The second-order valence-corrected chi connectivity index (χ2v) is 4.69. The van der Waals surface area contributed by atoms with E-state index >= 15 is 0 Å². The lowest BCUT2D eigenvalue weighted by molar-refractivity contribution is -0.0204. The molecule has 3 heterocycles. The number of aliphatic hydroxyl groups is 1. The van der Waals surface area contributed by atoms with Gasteiger partial charge in [0.1, 0.15) is 23.4 Å². The number of nitrogen functional groups attached to an aromatic ring is 1. The van der Waals surface area contributed by atoms with E-state index in [9.17, 15) is 0 Å². The lowest BCUT2D eigenvalue weighted by Crippen LogP contribution is -2.14. The molecule has 1 aliphatic heterocycles. The fourth-order valence-electron chi connectivity index (χ4n) is 2.32. The Bertz CT molecular complexity index is 586. The summed E-state index contributed by atoms with van der Waals surface area (Å²) in [7, 11) is 0. The predicted molar refractivity (Wildman–Crippen MR) is 67.2 cm³/mol. The summed E-state index contributed by atoms with van der Waals surface area (Å²) in [5.74, 6) is 0. The molecule has 0 amide bonds. The molecule has 0 spiro atoms. The quantitative estimate of drug-likeness (QED) is 0.803. The summed E-state index contributed by atoms with van der Waals surface area (Å²) >= 11 is 6.01. The third-order valence-electron chi connectivity index (χ3n) is 3.19. The summed E-state index contributed by atoms with van der Waals surface area (Å²) in [5, 5.41) is 10.1. The highest BCUT2D eigenvalue weighted by Gasteiger charge is 2.28. The first-order chi connectivity index (χ1) is 8.70. The fourth-order valence-corrected chi connectivity index (χ4v) is 2.56. The predicted octanol–water partition coefficient (Wildman–Crippen LogP) is 1.34. The number of nitrogens with two attached hydrogens (primary N) is 1. The molecule has 1 fully saturated rings. The van der Waals surface area contributed by atoms with E-state index in [1.165, 1.54) is 6.33 Å². The first-order valence-electron chi connectivity index (χ1n) is 5.73. The number of anilines is 1. The van der Waals surface area contributed by atoms with Crippen molar-refractivity contribution in [3.05, 3.63) is 17.7 Å². The van der Waals surface area contributed by atoms with Crippen LogP contribution in [0.1, 0.15) is 19.1 Å². The second-order valence-electron chi connectivity index (χ2n) is 4.33. The average molecular weight is 269 g/mol. The molecule has 1 aliphatic rings. The lowest BCUT2D eigenvalue weighted by Gasteiger charge is -2.14. The number of aliphatic hydroxyl groups excluding tert-OH is 1. The number of hydrogen-bond donors (Lipinski definition) is 2. The number of ether oxygens (including phenoxy) is 1. The van der Waals surface area contributed by atoms with E-state index in [-0.39, 0.29) is 18.9 Å². The van der Waals surface area contributed by atoms with E-state index in [0.29, 0.717) is 21.9 Å². The minimum Gasteiger partial charge on any atom is -0.397 e. The zero-order valence-corrected chi connectivity index (χ0v) is 10.3. The van der Waals surface area contributed by atoms with Crippen molar-refractivity contribution in [1.29, 1.82) is 0 Å². The van der Waals surface area contributed by atoms with Gasteiger partial charge < -0.3 is 20.1 Å². The van der Waals surface area contributed by atoms with E-state index in [1.54, 1.807) is 6.20 Å². The molecular formula is C11H13ClN4O2. The number of rotatable bonds is 2. The van der Waals surface area contributed by atoms with Crippen molar-refractivity contribution < 1.29 is 9.84 Å². The maximum Gasteiger partial charge on any atom is 0.149 e. The van der Waals surface area contributed by atoms with Gasteiger partial charge in [-0.1, -0.05) is 11.6 Å². The van der Waals surface area contributed by atoms with Crippen LogP contribution in [0.25, 0.3) is 11.0 Å². The minimum absolute atomic E-state index is 0.0287. The Labute approximate surface area is 108 Å². The Hall–Kier alpha value is -1.37. The molecule has 0 bridgehead atoms. The Morgan fingerprint density at radius 2 is 2.33 bits per heavy atom. The van der Waals surface area contributed by atoms with Crippen molar-refractivity contribution >= 4 is 28.3 Å². The van der Waals surface area contributed by atoms with Gasteiger partial charge in [0.05, 0.1) is 23.8 Å². The Morgan fingerprint density at radius 3 is 3.06 bits per heavy atom. The van der Waals surface area contributed by atoms with Gasteiger partial charge in [-0.2, -0.15) is 0 Å². The van der Waals surface area contributed by atoms with Crippen LogP contribution in [0.15, 0.2) is 12.5 Å². The molecule has 7 heteroatoms. The Balaban J connectivity index is 2.06. The van der Waals surface area contributed by atoms with Crippen LogP contribution < -0.4 is 5.73 Å². The number of nitrogens with zero attached hydrogens (tertiary/aromatic N) is 3. The van der Waals surface area contributed by atoms with Gasteiger partial charge in [-0.3, -0.25) is 0 Å². The normalized spacial score (nSPS) is 23.9. The Morgan fingerprint density at radius 1 is 1.50 bits per heavy atom. The van der Waals surface area contributed by atoms with Crippen LogP contribution in [0.4, 0.5) is 5.69 Å². The first-order valence-corrected chi connectivity index (χ1v) is 6.11. The molecule has 3 rings (SSSR count). The fraction of sp³-hybridized carbons (Fsp3) is 0.455. The largest absolute Gasteiger partial charge is 0.397 e. The van der Waals surface area contributed by atoms with Crippen molar-refractivity contribution in [3.63, 3.8) is 0 Å². The second kappa shape index (κ2) is 4.38. The van der Waals surface area contributed by atoms with Crippen LogP contribution in [-0.4, -0.2) is 32.4 Å². The maximum absolute atomic E-state index is 9.09. The summed E-state index contributed by atoms with van der Waals surface area (Å²) < 4.78 is 7.57. The van der Waals surface area contributed by atoms with Crippen molar-refractivity contribution in [2.75, 3.05) is 12.3 Å². The van der Waals surface area contributed by atoms with Gasteiger partial charge in [0.25, 0.3) is 0 Å². The van der Waals surface area contributed by atoms with Gasteiger partial charge in [-0.05, 0) is 12.8 Å². The highest BCUT2D eigenvalue weighted by atomic mass is 35.5. The van der Waals surface area contributed by atoms with Crippen molar-refractivity contribution in [1.82, 2.24) is 14.5 Å². The zero-order valence-electron chi connectivity index (χ0n) is 9.58. The van der Waals surface area contributed by atoms with E-state index < -0.39 is 0 Å². The highest BCUT2D eigenvalue weighted by molar-refractivity contribution is 6.35. The summed E-state index contributed by atoms with van der Waals surface area (Å²) in [6, 6.07) is 0. The molecule has 0 aromatic carbocycles. The molecule has 0 aliphatic carbocycles. The van der Waals surface area contributed by atoms with Crippen LogP contribution in [0.5, 0.6) is 0 Å². The Kier molecular flexibility index (Phi) is 2.85. The average Bonchev–Trinajstić information content (AvgIpc) is 2.94. The number of aromatic nitrogens is 3. The van der Waals surface area contributed by atoms with Gasteiger partial charge in [-0.25, -0.2) is 9.97 Å². The number of fused-ring (bicyclic) bond motifs is 1. The maximum atomic E-state index is 9.09. The number of halogens is 1. The molecule has 18 heavy (non-hydrogen) atoms. The highest BCUT2D eigenvalue weighted by Crippen LogP contribution is 2.35. The van der Waals surface area contributed by atoms with Crippen LogP contribution in [-0.2, 0) is 4.74 Å². The van der Waals surface area contributed by atoms with Crippen molar-refractivity contribution in [2.45, 2.75) is 25.2 Å². The van der Waals surface area contributed by atoms with Crippen LogP contribution in [0.3, 0.4) is 0 Å². The molecular weight excluding hydrogens is 256 g/mol. The van der Waals surface area contributed by atoms with E-state index in [4.69, 9.17) is 27.2 Å². The van der Waals surface area contributed by atoms with E-state index in [0.717, 1.165) is 12.8 Å². The molecule has 2 aromatic heterocycles. The standard InChI is InChI=1S/C11H13ClN4O2/c12-10-9-7(13)3-16(11(9)15-5-14-10)8-2-1-6(4-17)18-8/h3,5-6,8,17H,1-2,4,13H2. The van der Waals surface area contributed by atoms with Gasteiger partial charge in [0.15, 0.2) is 0 Å². The van der Waals surface area contributed by atoms with Crippen LogP contribution >= 0.6 is 11.6 Å². The monoisotopic (exact) mass is 268 g/mol. The molecule has 96 valence electrons. The van der Waals surface area contributed by atoms with Gasteiger partial charge in [-0.15, -0.1) is 0 Å². The summed E-state index contributed by atoms with van der Waals surface area (Å²) in [5.41, 5.74) is 7.12. The third-order valence-corrected chi connectivity index (χ3v) is 3.48. The summed E-state index contributed by atoms with van der Waals surface area (Å²) in [4.78, 5) is 8.12. The molecule has 6 nitrogen and oxygen atoms in total. The van der Waals surface area contributed by atoms with Crippen molar-refractivity contribution in [3.8, 4) is 0 Å². The first kappa shape index (κ1) is 11.7. The van der Waals surface area contributed by atoms with E-state index in [1.807, 2.05) is 4.57 Å². The molecule has 2 aromatic rings. The smallest absolute Gasteiger partial charge is 0.149 e. The molecule has 1 saturated heterocycles. The lowest BCUT2D eigenvalue weighted by atomic mass is 10.2. The minimum atomic E-state index is -0.159. The van der Waals surface area contributed by atoms with Gasteiger partial charge >= 0.3 is 0 Å². The summed E-state index contributed by atoms with van der Waals surface area (Å²) in [6.07, 6.45) is 4.52. The molecule has 0 saturated carbocycles. The molecule has 2 atom stereocenters.